The van der Waals surface area contributed by atoms with Gasteiger partial charge in [0.1, 0.15) is 0 Å². The van der Waals surface area contributed by atoms with E-state index in [0.717, 1.165) is 49.3 Å². The summed E-state index contributed by atoms with van der Waals surface area (Å²) in [5.74, 6) is 0.878. The Hall–Kier alpha value is -1.83. The number of hydrogen-bond donors (Lipinski definition) is 1. The second-order valence-corrected chi connectivity index (χ2v) is 6.70. The van der Waals surface area contributed by atoms with Gasteiger partial charge in [0, 0.05) is 24.3 Å². The predicted octanol–water partition coefficient (Wildman–Crippen LogP) is 1.68. The Morgan fingerprint density at radius 2 is 2.00 bits per heavy atom. The summed E-state index contributed by atoms with van der Waals surface area (Å²) >= 11 is 1.38. The number of aryl methyl sites for hydroxylation is 2. The highest BCUT2D eigenvalue weighted by molar-refractivity contribution is 7.99. The first-order valence-electron chi connectivity index (χ1n) is 8.02. The fourth-order valence-corrected chi connectivity index (χ4v) is 3.83. The molecule has 1 aliphatic rings. The minimum absolute atomic E-state index is 0.154. The lowest BCUT2D eigenvalue weighted by Crippen LogP contribution is -2.36. The number of fused-ring (bicyclic) bond motifs is 1. The van der Waals surface area contributed by atoms with Gasteiger partial charge in [0.2, 0.25) is 11.9 Å². The van der Waals surface area contributed by atoms with Crippen molar-refractivity contribution in [2.24, 2.45) is 0 Å². The number of piperidine rings is 1. The van der Waals surface area contributed by atoms with E-state index in [1.807, 2.05) is 11.8 Å². The molecular formula is C15H22N6OS. The molecule has 2 N–H and O–H groups in total. The number of amides is 1. The molecule has 3 heterocycles. The van der Waals surface area contributed by atoms with E-state index in [-0.39, 0.29) is 5.91 Å². The van der Waals surface area contributed by atoms with Crippen molar-refractivity contribution in [2.75, 3.05) is 24.6 Å². The third kappa shape index (κ3) is 3.12. The van der Waals surface area contributed by atoms with Crippen molar-refractivity contribution in [1.29, 1.82) is 0 Å². The predicted molar refractivity (Wildman–Crippen MR) is 90.5 cm³/mol. The van der Waals surface area contributed by atoms with E-state index in [0.29, 0.717) is 16.9 Å². The fourth-order valence-electron chi connectivity index (χ4n) is 2.99. The molecule has 1 aliphatic heterocycles. The number of aromatic nitrogens is 4. The number of carbonyl (C=O) groups excluding carboxylic acids is 1. The Morgan fingerprint density at radius 3 is 2.70 bits per heavy atom. The van der Waals surface area contributed by atoms with Crippen LogP contribution in [0.1, 0.15) is 37.4 Å². The maximum atomic E-state index is 12.3. The molecule has 1 fully saturated rings. The lowest BCUT2D eigenvalue weighted by atomic mass is 10.1. The lowest BCUT2D eigenvalue weighted by molar-refractivity contribution is -0.129. The number of nitrogens with two attached hydrogens (primary N) is 1. The fraction of sp³-hybridized carbons (Fsp3) is 0.600. The smallest absolute Gasteiger partial charge is 0.233 e. The molecule has 2 aromatic heterocycles. The summed E-state index contributed by atoms with van der Waals surface area (Å²) in [5, 5.41) is 9.09. The van der Waals surface area contributed by atoms with Crippen LogP contribution in [0.4, 0.5) is 5.95 Å². The highest BCUT2D eigenvalue weighted by Crippen LogP contribution is 2.24. The van der Waals surface area contributed by atoms with Crippen LogP contribution < -0.4 is 5.73 Å². The van der Waals surface area contributed by atoms with Crippen molar-refractivity contribution in [1.82, 2.24) is 24.5 Å². The van der Waals surface area contributed by atoms with E-state index in [9.17, 15) is 4.79 Å². The van der Waals surface area contributed by atoms with Gasteiger partial charge in [0.15, 0.2) is 10.8 Å². The summed E-state index contributed by atoms with van der Waals surface area (Å²) in [4.78, 5) is 18.6. The van der Waals surface area contributed by atoms with Crippen LogP contribution in [0, 0.1) is 6.92 Å². The van der Waals surface area contributed by atoms with Crippen molar-refractivity contribution in [3.63, 3.8) is 0 Å². The number of carbonyl (C=O) groups is 1. The summed E-state index contributed by atoms with van der Waals surface area (Å²) < 4.78 is 1.75. The normalized spacial score (nSPS) is 15.3. The molecule has 0 bridgehead atoms. The molecule has 3 rings (SSSR count). The quantitative estimate of drug-likeness (QED) is 0.856. The first-order chi connectivity index (χ1) is 11.1. The minimum Gasteiger partial charge on any atom is -0.369 e. The van der Waals surface area contributed by atoms with Crippen LogP contribution in [0.2, 0.25) is 0 Å². The summed E-state index contributed by atoms with van der Waals surface area (Å²) in [6.45, 7) is 5.71. The number of likely N-dealkylation sites (tertiary alicyclic amines) is 1. The zero-order valence-corrected chi connectivity index (χ0v) is 14.4. The molecule has 7 nitrogen and oxygen atoms in total. The zero-order valence-electron chi connectivity index (χ0n) is 13.6. The average molecular weight is 334 g/mol. The molecule has 0 aliphatic carbocycles. The molecule has 2 aromatic rings. The summed E-state index contributed by atoms with van der Waals surface area (Å²) in [5.41, 5.74) is 8.70. The monoisotopic (exact) mass is 334 g/mol. The van der Waals surface area contributed by atoms with E-state index in [2.05, 4.69) is 22.1 Å². The maximum absolute atomic E-state index is 12.3. The van der Waals surface area contributed by atoms with Crippen molar-refractivity contribution in [3.8, 4) is 0 Å². The second-order valence-electron chi connectivity index (χ2n) is 5.76. The standard InChI is InChI=1S/C15H22N6OS/c1-3-11-10(2)17-14(16)21-13(11)18-19-15(21)23-9-12(22)20-7-5-4-6-8-20/h3-9H2,1-2H3,(H2,16,17). The van der Waals surface area contributed by atoms with Gasteiger partial charge in [0.05, 0.1) is 5.75 Å². The van der Waals surface area contributed by atoms with E-state index in [1.54, 1.807) is 4.40 Å². The van der Waals surface area contributed by atoms with Gasteiger partial charge < -0.3 is 10.6 Å². The van der Waals surface area contributed by atoms with Crippen LogP contribution in [0.3, 0.4) is 0 Å². The Bertz CT molecular complexity index is 722. The molecule has 23 heavy (non-hydrogen) atoms. The van der Waals surface area contributed by atoms with E-state index in [1.165, 1.54) is 18.2 Å². The Kier molecular flexibility index (Phi) is 4.70. The highest BCUT2D eigenvalue weighted by atomic mass is 32.2. The Labute approximate surface area is 139 Å². The van der Waals surface area contributed by atoms with Gasteiger partial charge in [-0.3, -0.25) is 4.79 Å². The molecular weight excluding hydrogens is 312 g/mol. The number of rotatable bonds is 4. The zero-order chi connectivity index (χ0) is 16.4. The van der Waals surface area contributed by atoms with Crippen LogP contribution in [-0.2, 0) is 11.2 Å². The van der Waals surface area contributed by atoms with Crippen LogP contribution in [0.15, 0.2) is 5.16 Å². The maximum Gasteiger partial charge on any atom is 0.233 e. The molecule has 0 spiro atoms. The second kappa shape index (κ2) is 6.74. The summed E-state index contributed by atoms with van der Waals surface area (Å²) in [6.07, 6.45) is 4.23. The Balaban J connectivity index is 1.79. The SMILES string of the molecule is CCc1c(C)nc(N)n2c(SCC(=O)N3CCCCC3)nnc12. The van der Waals surface area contributed by atoms with Crippen LogP contribution in [0.25, 0.3) is 5.65 Å². The number of anilines is 1. The topological polar surface area (TPSA) is 89.4 Å². The van der Waals surface area contributed by atoms with Crippen LogP contribution in [0.5, 0.6) is 0 Å². The average Bonchev–Trinajstić information content (AvgIpc) is 2.98. The number of hydrogen-bond acceptors (Lipinski definition) is 6. The van der Waals surface area contributed by atoms with E-state index < -0.39 is 0 Å². The Morgan fingerprint density at radius 1 is 1.26 bits per heavy atom. The van der Waals surface area contributed by atoms with Crippen molar-refractivity contribution in [3.05, 3.63) is 11.3 Å². The van der Waals surface area contributed by atoms with Crippen LogP contribution >= 0.6 is 11.8 Å². The van der Waals surface area contributed by atoms with Gasteiger partial charge in [-0.15, -0.1) is 10.2 Å². The summed E-state index contributed by atoms with van der Waals surface area (Å²) in [7, 11) is 0. The molecule has 124 valence electrons. The van der Waals surface area contributed by atoms with Crippen molar-refractivity contribution < 1.29 is 4.79 Å². The van der Waals surface area contributed by atoms with Crippen LogP contribution in [-0.4, -0.2) is 49.2 Å². The highest BCUT2D eigenvalue weighted by Gasteiger charge is 2.19. The van der Waals surface area contributed by atoms with Crippen molar-refractivity contribution in [2.45, 2.75) is 44.7 Å². The van der Waals surface area contributed by atoms with Crippen molar-refractivity contribution >= 4 is 29.3 Å². The molecule has 8 heteroatoms. The lowest BCUT2D eigenvalue weighted by Gasteiger charge is -2.26. The minimum atomic E-state index is 0.154. The van der Waals surface area contributed by atoms with Gasteiger partial charge >= 0.3 is 0 Å². The molecule has 0 radical (unpaired) electrons. The van der Waals surface area contributed by atoms with Gasteiger partial charge in [0.25, 0.3) is 0 Å². The van der Waals surface area contributed by atoms with E-state index in [4.69, 9.17) is 5.73 Å². The largest absolute Gasteiger partial charge is 0.369 e. The molecule has 0 atom stereocenters. The molecule has 0 unspecified atom stereocenters. The van der Waals surface area contributed by atoms with Gasteiger partial charge in [-0.1, -0.05) is 18.7 Å². The van der Waals surface area contributed by atoms with Gasteiger partial charge in [-0.2, -0.15) is 0 Å². The molecule has 1 saturated heterocycles. The number of nitrogens with zero attached hydrogens (tertiary/aromatic N) is 5. The third-order valence-corrected chi connectivity index (χ3v) is 5.15. The van der Waals surface area contributed by atoms with E-state index >= 15 is 0 Å². The molecule has 0 saturated carbocycles. The van der Waals surface area contributed by atoms with Gasteiger partial charge in [-0.25, -0.2) is 9.38 Å². The number of nitrogen functional groups attached to an aromatic ring is 1. The molecule has 1 amide bonds. The van der Waals surface area contributed by atoms with Gasteiger partial charge in [-0.05, 0) is 32.6 Å². The summed E-state index contributed by atoms with van der Waals surface area (Å²) in [6, 6.07) is 0. The molecule has 0 aromatic carbocycles. The first kappa shape index (κ1) is 16.0. The first-order valence-corrected chi connectivity index (χ1v) is 9.01. The number of thioether (sulfide) groups is 1. The third-order valence-electron chi connectivity index (χ3n) is 4.24.